The highest BCUT2D eigenvalue weighted by Gasteiger charge is 2.34. The highest BCUT2D eigenvalue weighted by Crippen LogP contribution is 2.34. The molecule has 0 saturated carbocycles. The van der Waals surface area contributed by atoms with Crippen LogP contribution in [0.2, 0.25) is 0 Å². The summed E-state index contributed by atoms with van der Waals surface area (Å²) in [5, 5.41) is 17.0. The maximum absolute atomic E-state index is 13.5. The van der Waals surface area contributed by atoms with Crippen molar-refractivity contribution in [2.24, 2.45) is 12.2 Å². The van der Waals surface area contributed by atoms with Crippen molar-refractivity contribution in [2.75, 3.05) is 11.9 Å². The second kappa shape index (κ2) is 9.60. The number of hydrogen-bond acceptors (Lipinski definition) is 5. The number of amides is 1. The number of nitrogens with one attached hydrogen (secondary N) is 1. The number of aliphatic hydroxyl groups excluding tert-OH is 1. The lowest BCUT2D eigenvalue weighted by Crippen LogP contribution is -2.19. The zero-order chi connectivity index (χ0) is 24.3. The third-order valence-electron chi connectivity index (χ3n) is 4.10. The first-order chi connectivity index (χ1) is 14.8. The minimum atomic E-state index is -4.99. The van der Waals surface area contributed by atoms with Gasteiger partial charge in [0.05, 0.1) is 12.2 Å². The third-order valence-corrected chi connectivity index (χ3v) is 5.01. The lowest BCUT2D eigenvalue weighted by molar-refractivity contribution is -0.139. The minimum Gasteiger partial charge on any atom is -0.490 e. The lowest BCUT2D eigenvalue weighted by atomic mass is 10.1. The number of ether oxygens (including phenoxy) is 1. The monoisotopic (exact) mass is 477 g/mol. The van der Waals surface area contributed by atoms with Crippen molar-refractivity contribution in [3.63, 3.8) is 0 Å². The third kappa shape index (κ3) is 6.00. The van der Waals surface area contributed by atoms with Gasteiger partial charge in [0.1, 0.15) is 16.8 Å². The summed E-state index contributed by atoms with van der Waals surface area (Å²) >= 11 is 0. The molecule has 1 atom stereocenters. The molecule has 2 rings (SSSR count). The number of halogens is 4. The molecule has 0 fully saturated rings. The van der Waals surface area contributed by atoms with Gasteiger partial charge in [0.2, 0.25) is 10.0 Å². The second-order valence-corrected chi connectivity index (χ2v) is 8.05. The van der Waals surface area contributed by atoms with E-state index in [1.807, 2.05) is 0 Å². The van der Waals surface area contributed by atoms with E-state index in [4.69, 9.17) is 9.88 Å². The van der Waals surface area contributed by atoms with Gasteiger partial charge in [0, 0.05) is 25.4 Å². The Bertz CT molecular complexity index is 1180. The Kier molecular flexibility index (Phi) is 7.55. The molecule has 1 heterocycles. The van der Waals surface area contributed by atoms with Gasteiger partial charge in [-0.05, 0) is 25.1 Å². The van der Waals surface area contributed by atoms with Crippen LogP contribution in [0, 0.1) is 17.7 Å². The molecule has 0 saturated heterocycles. The van der Waals surface area contributed by atoms with E-state index in [-0.39, 0.29) is 24.4 Å². The number of carbonyl (C=O) groups is 1. The van der Waals surface area contributed by atoms with Gasteiger partial charge in [0.15, 0.2) is 11.4 Å². The fraction of sp³-hybridized carbons (Fsp3) is 0.316. The Balaban J connectivity index is 2.40. The van der Waals surface area contributed by atoms with Crippen LogP contribution in [0.1, 0.15) is 29.4 Å². The molecule has 1 amide bonds. The number of aromatic nitrogens is 1. The average molecular weight is 477 g/mol. The molecule has 0 radical (unpaired) electrons. The molecule has 1 aromatic heterocycles. The Hall–Kier alpha value is -3.08. The van der Waals surface area contributed by atoms with Gasteiger partial charge >= 0.3 is 6.18 Å². The Morgan fingerprint density at radius 3 is 2.59 bits per heavy atom. The van der Waals surface area contributed by atoms with Crippen molar-refractivity contribution in [2.45, 2.75) is 30.5 Å². The van der Waals surface area contributed by atoms with E-state index >= 15 is 0 Å². The van der Waals surface area contributed by atoms with Crippen molar-refractivity contribution in [1.29, 1.82) is 0 Å². The van der Waals surface area contributed by atoms with Crippen LogP contribution in [-0.2, 0) is 23.2 Å². The first-order valence-corrected chi connectivity index (χ1v) is 10.4. The Morgan fingerprint density at radius 2 is 2.03 bits per heavy atom. The van der Waals surface area contributed by atoms with Crippen molar-refractivity contribution in [3.8, 4) is 17.6 Å². The van der Waals surface area contributed by atoms with E-state index < -0.39 is 50.2 Å². The molecule has 0 bridgehead atoms. The molecular formula is C19H19F4N3O5S. The summed E-state index contributed by atoms with van der Waals surface area (Å²) < 4.78 is 82.5. The molecule has 8 nitrogen and oxygen atoms in total. The van der Waals surface area contributed by atoms with Gasteiger partial charge in [-0.3, -0.25) is 4.79 Å². The van der Waals surface area contributed by atoms with E-state index in [9.17, 15) is 35.9 Å². The van der Waals surface area contributed by atoms with Crippen LogP contribution in [0.3, 0.4) is 0 Å². The second-order valence-electron chi connectivity index (χ2n) is 6.52. The quantitative estimate of drug-likeness (QED) is 0.417. The van der Waals surface area contributed by atoms with Crippen molar-refractivity contribution < 1.29 is 40.6 Å². The molecule has 0 aliphatic rings. The normalized spacial score (nSPS) is 12.6. The molecule has 32 heavy (non-hydrogen) atoms. The molecule has 4 N–H and O–H groups in total. The predicted octanol–water partition coefficient (Wildman–Crippen LogP) is 2.24. The summed E-state index contributed by atoms with van der Waals surface area (Å²) in [6, 6.07) is 1.84. The summed E-state index contributed by atoms with van der Waals surface area (Å²) in [4.78, 5) is 12.2. The number of hydrogen-bond donors (Lipinski definition) is 3. The van der Waals surface area contributed by atoms with Crippen molar-refractivity contribution >= 4 is 21.6 Å². The number of nitrogens with two attached hydrogens (primary N) is 1. The Labute approximate surface area is 181 Å². The Morgan fingerprint density at radius 1 is 1.38 bits per heavy atom. The van der Waals surface area contributed by atoms with Gasteiger partial charge in [0.25, 0.3) is 5.91 Å². The zero-order valence-electron chi connectivity index (χ0n) is 16.8. The number of carbonyl (C=O) groups excluding carboxylic acids is 1. The number of primary sulfonamides is 1. The lowest BCUT2D eigenvalue weighted by Gasteiger charge is -2.13. The number of sulfonamides is 1. The molecular weight excluding hydrogens is 458 g/mol. The standard InChI is InChI=1S/C19H19F4N3O5S/c1-3-4-12(27)7-8-31-17-15(32(24,29)30)10-26(2)16(17)18(28)25-11-5-6-14(20)13(9-11)19(21,22)23/h5-6,9-10,12,27H,7-8H2,1-2H3,(H,25,28)(H2,24,29,30). The number of alkyl halides is 3. The topological polar surface area (TPSA) is 124 Å². The maximum Gasteiger partial charge on any atom is 0.419 e. The average Bonchev–Trinajstić information content (AvgIpc) is 2.99. The number of benzene rings is 1. The summed E-state index contributed by atoms with van der Waals surface area (Å²) in [5.41, 5.74) is -2.35. The molecule has 0 aliphatic heterocycles. The number of nitrogens with zero attached hydrogens (tertiary/aromatic N) is 1. The van der Waals surface area contributed by atoms with Crippen LogP contribution >= 0.6 is 0 Å². The van der Waals surface area contributed by atoms with E-state index in [1.165, 1.54) is 14.0 Å². The summed E-state index contributed by atoms with van der Waals surface area (Å²) in [5.74, 6) is 1.92. The first kappa shape index (κ1) is 25.2. The zero-order valence-corrected chi connectivity index (χ0v) is 17.6. The van der Waals surface area contributed by atoms with E-state index in [0.29, 0.717) is 12.1 Å². The molecule has 0 spiro atoms. The molecule has 1 aromatic carbocycles. The van der Waals surface area contributed by atoms with Gasteiger partial charge in [-0.15, -0.1) is 5.92 Å². The fourth-order valence-corrected chi connectivity index (χ4v) is 3.42. The number of aryl methyl sites for hydroxylation is 1. The molecule has 0 aliphatic carbocycles. The van der Waals surface area contributed by atoms with Gasteiger partial charge in [-0.2, -0.15) is 13.2 Å². The highest BCUT2D eigenvalue weighted by molar-refractivity contribution is 7.89. The van der Waals surface area contributed by atoms with E-state index in [2.05, 4.69) is 17.2 Å². The van der Waals surface area contributed by atoms with E-state index in [1.54, 1.807) is 0 Å². The number of rotatable bonds is 7. The molecule has 174 valence electrons. The van der Waals surface area contributed by atoms with Crippen molar-refractivity contribution in [1.82, 2.24) is 4.57 Å². The predicted molar refractivity (Wildman–Crippen MR) is 106 cm³/mol. The van der Waals surface area contributed by atoms with Crippen LogP contribution < -0.4 is 15.2 Å². The van der Waals surface area contributed by atoms with Gasteiger partial charge in [-0.25, -0.2) is 17.9 Å². The highest BCUT2D eigenvalue weighted by atomic mass is 32.2. The maximum atomic E-state index is 13.5. The largest absolute Gasteiger partial charge is 0.490 e. The molecule has 2 aromatic rings. The number of aliphatic hydroxyl groups is 1. The van der Waals surface area contributed by atoms with Gasteiger partial charge < -0.3 is 19.7 Å². The summed E-state index contributed by atoms with van der Waals surface area (Å²) in [7, 11) is -3.06. The van der Waals surface area contributed by atoms with E-state index in [0.717, 1.165) is 16.8 Å². The summed E-state index contributed by atoms with van der Waals surface area (Å²) in [6.45, 7) is 1.25. The summed E-state index contributed by atoms with van der Waals surface area (Å²) in [6.07, 6.45) is -5.10. The van der Waals surface area contributed by atoms with Crippen LogP contribution in [0.25, 0.3) is 0 Å². The SMILES string of the molecule is CC#CC(O)CCOc1c(S(N)(=O)=O)cn(C)c1C(=O)Nc1ccc(F)c(C(F)(F)F)c1. The van der Waals surface area contributed by atoms with Crippen LogP contribution in [0.4, 0.5) is 23.2 Å². The minimum absolute atomic E-state index is 0.0340. The van der Waals surface area contributed by atoms with Gasteiger partial charge in [-0.1, -0.05) is 5.92 Å². The van der Waals surface area contributed by atoms with Crippen LogP contribution in [0.5, 0.6) is 5.75 Å². The fourth-order valence-electron chi connectivity index (χ4n) is 2.70. The first-order valence-electron chi connectivity index (χ1n) is 8.89. The number of anilines is 1. The van der Waals surface area contributed by atoms with Crippen molar-refractivity contribution in [3.05, 3.63) is 41.5 Å². The van der Waals surface area contributed by atoms with Crippen LogP contribution in [0.15, 0.2) is 29.3 Å². The molecule has 1 unspecified atom stereocenters. The molecule has 13 heteroatoms. The smallest absolute Gasteiger partial charge is 0.419 e. The van der Waals surface area contributed by atoms with Crippen LogP contribution in [-0.4, -0.2) is 36.7 Å².